The highest BCUT2D eigenvalue weighted by Gasteiger charge is 2.10. The van der Waals surface area contributed by atoms with Crippen molar-refractivity contribution in [2.45, 2.75) is 26.3 Å². The van der Waals surface area contributed by atoms with Crippen LogP contribution >= 0.6 is 0 Å². The molecule has 110 valence electrons. The monoisotopic (exact) mass is 280 g/mol. The molecule has 1 unspecified atom stereocenters. The van der Waals surface area contributed by atoms with Crippen molar-refractivity contribution in [2.75, 3.05) is 19.0 Å². The zero-order valence-corrected chi connectivity index (χ0v) is 11.9. The lowest BCUT2D eigenvalue weighted by Gasteiger charge is -2.14. The van der Waals surface area contributed by atoms with Crippen LogP contribution in [0.2, 0.25) is 0 Å². The molecule has 0 fully saturated rings. The molecular weight excluding hydrogens is 260 g/mol. The van der Waals surface area contributed by atoms with E-state index >= 15 is 0 Å². The number of aromatic carboxylic acids is 1. The molecule has 0 saturated heterocycles. The Labute approximate surface area is 118 Å². The smallest absolute Gasteiger partial charge is 0.335 e. The van der Waals surface area contributed by atoms with Crippen molar-refractivity contribution in [2.24, 2.45) is 0 Å². The van der Waals surface area contributed by atoms with Crippen molar-refractivity contribution >= 4 is 17.7 Å². The van der Waals surface area contributed by atoms with Gasteiger partial charge < -0.3 is 20.5 Å². The summed E-state index contributed by atoms with van der Waals surface area (Å²) in [6.45, 7) is 4.15. The summed E-state index contributed by atoms with van der Waals surface area (Å²) in [5.74, 6) is -0.980. The van der Waals surface area contributed by atoms with Crippen LogP contribution in [0.5, 0.6) is 0 Å². The maximum Gasteiger partial charge on any atom is 0.335 e. The molecule has 0 bridgehead atoms. The van der Waals surface area contributed by atoms with Crippen LogP contribution in [-0.4, -0.2) is 36.9 Å². The highest BCUT2D eigenvalue weighted by atomic mass is 16.5. The number of benzene rings is 1. The number of carbonyl (C=O) groups excluding carboxylic acids is 1. The van der Waals surface area contributed by atoms with Gasteiger partial charge in [-0.15, -0.1) is 0 Å². The summed E-state index contributed by atoms with van der Waals surface area (Å²) in [4.78, 5) is 22.6. The van der Waals surface area contributed by atoms with Gasteiger partial charge in [-0.1, -0.05) is 0 Å². The molecule has 1 aromatic rings. The van der Waals surface area contributed by atoms with Gasteiger partial charge in [-0.25, -0.2) is 9.59 Å². The quantitative estimate of drug-likeness (QED) is 0.745. The van der Waals surface area contributed by atoms with E-state index in [1.54, 1.807) is 26.2 Å². The molecule has 1 rings (SSSR count). The first-order valence-corrected chi connectivity index (χ1v) is 6.34. The number of carboxylic acids is 1. The fourth-order valence-electron chi connectivity index (χ4n) is 1.74. The second-order valence-electron chi connectivity index (χ2n) is 4.62. The number of ether oxygens (including phenoxy) is 1. The highest BCUT2D eigenvalue weighted by Crippen LogP contribution is 2.15. The number of aryl methyl sites for hydroxylation is 1. The van der Waals surface area contributed by atoms with Gasteiger partial charge in [-0.05, 0) is 44.0 Å². The van der Waals surface area contributed by atoms with E-state index in [-0.39, 0.29) is 17.6 Å². The summed E-state index contributed by atoms with van der Waals surface area (Å²) >= 11 is 0. The molecule has 0 heterocycles. The number of anilines is 1. The maximum absolute atomic E-state index is 11.7. The molecule has 1 atom stereocenters. The van der Waals surface area contributed by atoms with E-state index in [0.717, 1.165) is 6.42 Å². The lowest BCUT2D eigenvalue weighted by atomic mass is 10.1. The van der Waals surface area contributed by atoms with Gasteiger partial charge in [0, 0.05) is 25.4 Å². The molecule has 20 heavy (non-hydrogen) atoms. The predicted octanol–water partition coefficient (Wildman–Crippen LogP) is 2.24. The van der Waals surface area contributed by atoms with Gasteiger partial charge >= 0.3 is 12.0 Å². The van der Waals surface area contributed by atoms with Gasteiger partial charge in [0.15, 0.2) is 0 Å². The van der Waals surface area contributed by atoms with Crippen molar-refractivity contribution in [3.8, 4) is 0 Å². The Morgan fingerprint density at radius 2 is 2.10 bits per heavy atom. The van der Waals surface area contributed by atoms with E-state index in [9.17, 15) is 9.59 Å². The summed E-state index contributed by atoms with van der Waals surface area (Å²) in [5.41, 5.74) is 1.39. The topological polar surface area (TPSA) is 87.7 Å². The number of hydrogen-bond acceptors (Lipinski definition) is 3. The van der Waals surface area contributed by atoms with Gasteiger partial charge in [0.1, 0.15) is 0 Å². The second-order valence-corrected chi connectivity index (χ2v) is 4.62. The molecule has 0 aliphatic heterocycles. The zero-order chi connectivity index (χ0) is 15.1. The number of amides is 2. The average molecular weight is 280 g/mol. The SMILES string of the molecule is COCCC(C)NC(=O)Nc1ccc(C(=O)O)c(C)c1. The van der Waals surface area contributed by atoms with Crippen molar-refractivity contribution < 1.29 is 19.4 Å². The molecule has 0 radical (unpaired) electrons. The minimum atomic E-state index is -0.980. The van der Waals surface area contributed by atoms with Crippen molar-refractivity contribution in [3.63, 3.8) is 0 Å². The van der Waals surface area contributed by atoms with Crippen LogP contribution in [0.1, 0.15) is 29.3 Å². The minimum Gasteiger partial charge on any atom is -0.478 e. The van der Waals surface area contributed by atoms with E-state index < -0.39 is 5.97 Å². The Morgan fingerprint density at radius 3 is 2.65 bits per heavy atom. The van der Waals surface area contributed by atoms with E-state index in [2.05, 4.69) is 10.6 Å². The van der Waals surface area contributed by atoms with E-state index in [4.69, 9.17) is 9.84 Å². The summed E-state index contributed by atoms with van der Waals surface area (Å²) in [6.07, 6.45) is 0.723. The first-order chi connectivity index (χ1) is 9.43. The third-order valence-electron chi connectivity index (χ3n) is 2.85. The molecule has 6 nitrogen and oxygen atoms in total. The third kappa shape index (κ3) is 4.89. The Balaban J connectivity index is 2.58. The van der Waals surface area contributed by atoms with Crippen LogP contribution in [0.4, 0.5) is 10.5 Å². The van der Waals surface area contributed by atoms with Crippen molar-refractivity contribution in [3.05, 3.63) is 29.3 Å². The largest absolute Gasteiger partial charge is 0.478 e. The molecule has 1 aromatic carbocycles. The predicted molar refractivity (Wildman–Crippen MR) is 76.2 cm³/mol. The summed E-state index contributed by atoms with van der Waals surface area (Å²) in [6, 6.07) is 4.34. The molecule has 6 heteroatoms. The molecule has 0 aliphatic rings. The fourth-order valence-corrected chi connectivity index (χ4v) is 1.74. The number of nitrogens with one attached hydrogen (secondary N) is 2. The standard InChI is InChI=1S/C14H20N2O4/c1-9-8-11(4-5-12(9)13(17)18)16-14(19)15-10(2)6-7-20-3/h4-5,8,10H,6-7H2,1-3H3,(H,17,18)(H2,15,16,19). The fraction of sp³-hybridized carbons (Fsp3) is 0.429. The van der Waals surface area contributed by atoms with Crippen LogP contribution in [0, 0.1) is 6.92 Å². The summed E-state index contributed by atoms with van der Waals surface area (Å²) in [5, 5.41) is 14.4. The Morgan fingerprint density at radius 1 is 1.40 bits per heavy atom. The molecule has 0 aliphatic carbocycles. The molecule has 0 spiro atoms. The second kappa shape index (κ2) is 7.49. The van der Waals surface area contributed by atoms with E-state index in [1.165, 1.54) is 6.07 Å². The maximum atomic E-state index is 11.7. The van der Waals surface area contributed by atoms with Crippen molar-refractivity contribution in [1.82, 2.24) is 5.32 Å². The number of carboxylic acid groups (broad SMARTS) is 1. The van der Waals surface area contributed by atoms with Crippen LogP contribution in [0.15, 0.2) is 18.2 Å². The Hall–Kier alpha value is -2.08. The van der Waals surface area contributed by atoms with Gasteiger partial charge in [-0.3, -0.25) is 0 Å². The molecule has 2 amide bonds. The lowest BCUT2D eigenvalue weighted by molar-refractivity contribution is 0.0696. The van der Waals surface area contributed by atoms with Crippen LogP contribution in [0.25, 0.3) is 0 Å². The molecule has 0 saturated carbocycles. The van der Waals surface area contributed by atoms with Crippen LogP contribution in [0.3, 0.4) is 0 Å². The zero-order valence-electron chi connectivity index (χ0n) is 11.9. The lowest BCUT2D eigenvalue weighted by Crippen LogP contribution is -2.36. The van der Waals surface area contributed by atoms with Crippen LogP contribution < -0.4 is 10.6 Å². The van der Waals surface area contributed by atoms with E-state index in [0.29, 0.717) is 17.9 Å². The number of hydrogen-bond donors (Lipinski definition) is 3. The Bertz CT molecular complexity index is 488. The first-order valence-electron chi connectivity index (χ1n) is 6.34. The Kier molecular flexibility index (Phi) is 5.99. The summed E-state index contributed by atoms with van der Waals surface area (Å²) in [7, 11) is 1.61. The van der Waals surface area contributed by atoms with E-state index in [1.807, 2.05) is 6.92 Å². The van der Waals surface area contributed by atoms with Crippen LogP contribution in [-0.2, 0) is 4.74 Å². The number of urea groups is 1. The number of methoxy groups -OCH3 is 1. The summed E-state index contributed by atoms with van der Waals surface area (Å²) < 4.78 is 4.94. The molecule has 0 aromatic heterocycles. The number of rotatable bonds is 6. The van der Waals surface area contributed by atoms with Crippen molar-refractivity contribution in [1.29, 1.82) is 0 Å². The number of carbonyl (C=O) groups is 2. The molecular formula is C14H20N2O4. The normalized spacial score (nSPS) is 11.8. The average Bonchev–Trinajstić information content (AvgIpc) is 2.35. The third-order valence-corrected chi connectivity index (χ3v) is 2.85. The van der Waals surface area contributed by atoms with Gasteiger partial charge in [-0.2, -0.15) is 0 Å². The van der Waals surface area contributed by atoms with Gasteiger partial charge in [0.25, 0.3) is 0 Å². The molecule has 3 N–H and O–H groups in total. The van der Waals surface area contributed by atoms with Gasteiger partial charge in [0.2, 0.25) is 0 Å². The minimum absolute atomic E-state index is 0.00524. The van der Waals surface area contributed by atoms with Gasteiger partial charge in [0.05, 0.1) is 5.56 Å². The first kappa shape index (κ1) is 16.0. The highest BCUT2D eigenvalue weighted by molar-refractivity contribution is 5.92.